The SMILES string of the molecule is CC(C)(C)C(F)(F)c1cc(-c2onc(C(CCC(=O)O)CC(=O)Cc3ccc(Cl)cc3F)c2C2CC2)no1. The number of aromatic nitrogens is 2. The van der Waals surface area contributed by atoms with Crippen LogP contribution in [0.5, 0.6) is 0 Å². The fraction of sp³-hybridized carbons (Fsp3) is 0.481. The molecule has 1 fully saturated rings. The Hall–Kier alpha value is -3.14. The molecule has 11 heteroatoms. The van der Waals surface area contributed by atoms with Crippen molar-refractivity contribution in [3.8, 4) is 11.5 Å². The molecule has 1 atom stereocenters. The number of halogens is 4. The van der Waals surface area contributed by atoms with Crippen molar-refractivity contribution in [2.75, 3.05) is 0 Å². The van der Waals surface area contributed by atoms with E-state index >= 15 is 0 Å². The van der Waals surface area contributed by atoms with E-state index in [4.69, 9.17) is 20.6 Å². The third kappa shape index (κ3) is 5.95. The zero-order valence-electron chi connectivity index (χ0n) is 21.2. The molecule has 1 aliphatic carbocycles. The molecule has 0 amide bonds. The third-order valence-corrected chi connectivity index (χ3v) is 6.94. The number of rotatable bonds is 11. The number of carbonyl (C=O) groups is 2. The van der Waals surface area contributed by atoms with Gasteiger partial charge in [-0.2, -0.15) is 8.78 Å². The van der Waals surface area contributed by atoms with E-state index in [2.05, 4.69) is 10.3 Å². The lowest BCUT2D eigenvalue weighted by atomic mass is 9.86. The number of carboxylic acid groups (broad SMARTS) is 1. The average molecular weight is 553 g/mol. The Morgan fingerprint density at radius 2 is 1.87 bits per heavy atom. The van der Waals surface area contributed by atoms with Gasteiger partial charge in [-0.3, -0.25) is 9.59 Å². The normalized spacial score (nSPS) is 15.0. The Bertz CT molecular complexity index is 1340. The van der Waals surface area contributed by atoms with Crippen LogP contribution in [0.4, 0.5) is 13.2 Å². The van der Waals surface area contributed by atoms with Crippen molar-refractivity contribution in [3.63, 3.8) is 0 Å². The summed E-state index contributed by atoms with van der Waals surface area (Å²) in [6, 6.07) is 5.17. The Labute approximate surface area is 222 Å². The lowest BCUT2D eigenvalue weighted by Crippen LogP contribution is -2.30. The van der Waals surface area contributed by atoms with E-state index in [-0.39, 0.29) is 59.4 Å². The zero-order valence-corrected chi connectivity index (χ0v) is 21.9. The first-order valence-corrected chi connectivity index (χ1v) is 12.7. The molecule has 0 radical (unpaired) electrons. The predicted octanol–water partition coefficient (Wildman–Crippen LogP) is 7.29. The molecule has 3 aromatic rings. The van der Waals surface area contributed by atoms with E-state index in [0.717, 1.165) is 25.0 Å². The van der Waals surface area contributed by atoms with Gasteiger partial charge < -0.3 is 14.2 Å². The highest BCUT2D eigenvalue weighted by Gasteiger charge is 2.49. The highest BCUT2D eigenvalue weighted by molar-refractivity contribution is 6.30. The molecular weight excluding hydrogens is 525 g/mol. The largest absolute Gasteiger partial charge is 0.481 e. The Morgan fingerprint density at radius 3 is 2.47 bits per heavy atom. The minimum Gasteiger partial charge on any atom is -0.481 e. The summed E-state index contributed by atoms with van der Waals surface area (Å²) in [5.41, 5.74) is -0.182. The van der Waals surface area contributed by atoms with Gasteiger partial charge in [0.05, 0.1) is 5.69 Å². The Morgan fingerprint density at radius 1 is 1.16 bits per heavy atom. The van der Waals surface area contributed by atoms with Crippen molar-refractivity contribution in [1.82, 2.24) is 10.3 Å². The molecule has 38 heavy (non-hydrogen) atoms. The Balaban J connectivity index is 1.64. The highest BCUT2D eigenvalue weighted by atomic mass is 35.5. The van der Waals surface area contributed by atoms with Crippen LogP contribution in [0, 0.1) is 11.2 Å². The molecule has 0 aliphatic heterocycles. The first-order chi connectivity index (χ1) is 17.8. The summed E-state index contributed by atoms with van der Waals surface area (Å²) in [7, 11) is 0. The summed E-state index contributed by atoms with van der Waals surface area (Å²) in [6.07, 6.45) is 1.13. The zero-order chi connectivity index (χ0) is 27.8. The summed E-state index contributed by atoms with van der Waals surface area (Å²) in [5, 5.41) is 17.5. The Kier molecular flexibility index (Phi) is 7.74. The van der Waals surface area contributed by atoms with E-state index < -0.39 is 34.8 Å². The summed E-state index contributed by atoms with van der Waals surface area (Å²) >= 11 is 5.79. The molecule has 2 aromatic heterocycles. The maximum Gasteiger partial charge on any atom is 0.312 e. The first kappa shape index (κ1) is 27.9. The summed E-state index contributed by atoms with van der Waals surface area (Å²) in [6.45, 7) is 4.16. The van der Waals surface area contributed by atoms with E-state index in [1.54, 1.807) is 0 Å². The second-order valence-electron chi connectivity index (χ2n) is 10.8. The van der Waals surface area contributed by atoms with Gasteiger partial charge in [-0.15, -0.1) is 0 Å². The number of aliphatic carboxylic acids is 1. The van der Waals surface area contributed by atoms with Gasteiger partial charge in [0.15, 0.2) is 11.5 Å². The standard InChI is InChI=1S/C27H28ClF3N2O5/c1-26(2,3)27(30,31)21-13-20(32-37-21)25-23(14-4-5-14)24(33-38-25)16(7-9-22(35)36)11-18(34)10-15-6-8-17(28)12-19(15)29/h6,8,12-14,16H,4-5,7,9-11H2,1-3H3,(H,35,36). The number of alkyl halides is 2. The molecule has 2 heterocycles. The number of nitrogens with zero attached hydrogens (tertiary/aromatic N) is 2. The van der Waals surface area contributed by atoms with Gasteiger partial charge in [-0.1, -0.05) is 48.8 Å². The van der Waals surface area contributed by atoms with Crippen molar-refractivity contribution >= 4 is 23.4 Å². The number of carboxylic acids is 1. The molecule has 0 saturated heterocycles. The van der Waals surface area contributed by atoms with Gasteiger partial charge in [0, 0.05) is 47.2 Å². The lowest BCUT2D eigenvalue weighted by Gasteiger charge is -2.27. The number of Topliss-reactive ketones (excluding diaryl/α,β-unsaturated/α-hetero) is 1. The molecule has 4 rings (SSSR count). The van der Waals surface area contributed by atoms with Crippen molar-refractivity contribution in [2.45, 2.75) is 77.1 Å². The third-order valence-electron chi connectivity index (χ3n) is 6.71. The van der Waals surface area contributed by atoms with E-state index in [0.29, 0.717) is 11.3 Å². The van der Waals surface area contributed by atoms with Crippen molar-refractivity contribution in [3.05, 3.63) is 57.7 Å². The maximum atomic E-state index is 14.8. The fourth-order valence-corrected chi connectivity index (χ4v) is 4.47. The van der Waals surface area contributed by atoms with Gasteiger partial charge in [0.1, 0.15) is 11.6 Å². The smallest absolute Gasteiger partial charge is 0.312 e. The van der Waals surface area contributed by atoms with Gasteiger partial charge in [0.2, 0.25) is 5.76 Å². The number of carbonyl (C=O) groups excluding carboxylic acids is 1. The van der Waals surface area contributed by atoms with Gasteiger partial charge in [-0.25, -0.2) is 4.39 Å². The van der Waals surface area contributed by atoms with Crippen LogP contribution in [0.3, 0.4) is 0 Å². The second kappa shape index (κ2) is 10.6. The molecule has 204 valence electrons. The second-order valence-corrected chi connectivity index (χ2v) is 11.2. The monoisotopic (exact) mass is 552 g/mol. The van der Waals surface area contributed by atoms with Crippen LogP contribution in [0.1, 0.15) is 87.3 Å². The molecule has 1 unspecified atom stereocenters. The summed E-state index contributed by atoms with van der Waals surface area (Å²) in [4.78, 5) is 24.3. The number of hydrogen-bond donors (Lipinski definition) is 1. The molecule has 1 N–H and O–H groups in total. The number of ketones is 1. The molecule has 7 nitrogen and oxygen atoms in total. The first-order valence-electron chi connectivity index (χ1n) is 12.3. The molecule has 1 aromatic carbocycles. The molecule has 0 bridgehead atoms. The fourth-order valence-electron chi connectivity index (χ4n) is 4.31. The molecule has 1 aliphatic rings. The highest BCUT2D eigenvalue weighted by Crippen LogP contribution is 2.50. The minimum atomic E-state index is -3.30. The molecule has 0 spiro atoms. The molecular formula is C27H28ClF3N2O5. The van der Waals surface area contributed by atoms with E-state index in [9.17, 15) is 27.9 Å². The van der Waals surface area contributed by atoms with Gasteiger partial charge in [-0.05, 0) is 42.9 Å². The van der Waals surface area contributed by atoms with Crippen molar-refractivity contribution in [2.24, 2.45) is 5.41 Å². The van der Waals surface area contributed by atoms with Gasteiger partial charge in [0.25, 0.3) is 0 Å². The van der Waals surface area contributed by atoms with E-state index in [1.807, 2.05) is 0 Å². The van der Waals surface area contributed by atoms with E-state index in [1.165, 1.54) is 32.9 Å². The quantitative estimate of drug-likeness (QED) is 0.266. The van der Waals surface area contributed by atoms with Crippen LogP contribution < -0.4 is 0 Å². The number of benzene rings is 1. The van der Waals surface area contributed by atoms with Crippen LogP contribution in [0.15, 0.2) is 33.3 Å². The topological polar surface area (TPSA) is 106 Å². The minimum absolute atomic E-state index is 0.00525. The van der Waals surface area contributed by atoms with Crippen LogP contribution in [-0.2, 0) is 21.9 Å². The van der Waals surface area contributed by atoms with Gasteiger partial charge >= 0.3 is 11.9 Å². The summed E-state index contributed by atoms with van der Waals surface area (Å²) in [5.74, 6) is -6.34. The van der Waals surface area contributed by atoms with Crippen molar-refractivity contribution < 1.29 is 36.9 Å². The maximum absolute atomic E-state index is 14.8. The predicted molar refractivity (Wildman–Crippen MR) is 132 cm³/mol. The average Bonchev–Trinajstić information content (AvgIpc) is 3.35. The lowest BCUT2D eigenvalue weighted by molar-refractivity contribution is -0.137. The van der Waals surface area contributed by atoms with Crippen LogP contribution in [0.2, 0.25) is 5.02 Å². The van der Waals surface area contributed by atoms with Crippen LogP contribution >= 0.6 is 11.6 Å². The summed E-state index contributed by atoms with van der Waals surface area (Å²) < 4.78 is 54.5. The van der Waals surface area contributed by atoms with Crippen LogP contribution in [0.25, 0.3) is 11.5 Å². The molecule has 1 saturated carbocycles. The van der Waals surface area contributed by atoms with Crippen LogP contribution in [-0.4, -0.2) is 27.2 Å². The van der Waals surface area contributed by atoms with Crippen molar-refractivity contribution in [1.29, 1.82) is 0 Å². The number of hydrogen-bond acceptors (Lipinski definition) is 6.